The Morgan fingerprint density at radius 2 is 2.00 bits per heavy atom. The van der Waals surface area contributed by atoms with Crippen LogP contribution in [0.15, 0.2) is 41.1 Å². The lowest BCUT2D eigenvalue weighted by atomic mass is 10.0. The molecule has 0 aliphatic carbocycles. The number of halogens is 1. The van der Waals surface area contributed by atoms with E-state index in [0.717, 1.165) is 9.86 Å². The SMILES string of the molecule is Nc1ccc(C(=O)c2c[nH]c3ncc(Br)cc23)c(N)c1. The van der Waals surface area contributed by atoms with E-state index in [0.29, 0.717) is 28.1 Å². The number of hydrogen-bond donors (Lipinski definition) is 3. The minimum Gasteiger partial charge on any atom is -0.399 e. The zero-order valence-electron chi connectivity index (χ0n) is 10.4. The summed E-state index contributed by atoms with van der Waals surface area (Å²) in [4.78, 5) is 19.8. The molecule has 2 heterocycles. The van der Waals surface area contributed by atoms with Crippen molar-refractivity contribution in [2.24, 2.45) is 0 Å². The van der Waals surface area contributed by atoms with Crippen LogP contribution in [0.2, 0.25) is 0 Å². The quantitative estimate of drug-likeness (QED) is 0.497. The van der Waals surface area contributed by atoms with Crippen molar-refractivity contribution in [2.75, 3.05) is 11.5 Å². The Bertz CT molecular complexity index is 825. The van der Waals surface area contributed by atoms with Crippen LogP contribution < -0.4 is 11.5 Å². The summed E-state index contributed by atoms with van der Waals surface area (Å²) >= 11 is 3.35. The summed E-state index contributed by atoms with van der Waals surface area (Å²) in [6.45, 7) is 0. The summed E-state index contributed by atoms with van der Waals surface area (Å²) < 4.78 is 0.809. The molecule has 0 saturated heterocycles. The largest absolute Gasteiger partial charge is 0.399 e. The van der Waals surface area contributed by atoms with Gasteiger partial charge in [0.05, 0.1) is 0 Å². The number of nitrogens with one attached hydrogen (secondary N) is 1. The number of carbonyl (C=O) groups excluding carboxylic acids is 1. The number of nitrogens with two attached hydrogens (primary N) is 2. The molecule has 5 N–H and O–H groups in total. The number of benzene rings is 1. The van der Waals surface area contributed by atoms with E-state index < -0.39 is 0 Å². The Labute approximate surface area is 123 Å². The van der Waals surface area contributed by atoms with Crippen LogP contribution in [0.3, 0.4) is 0 Å². The van der Waals surface area contributed by atoms with Crippen molar-refractivity contribution in [1.29, 1.82) is 0 Å². The third kappa shape index (κ3) is 2.04. The molecule has 3 rings (SSSR count). The zero-order chi connectivity index (χ0) is 14.3. The maximum atomic E-state index is 12.6. The maximum absolute atomic E-state index is 12.6. The Hall–Kier alpha value is -2.34. The van der Waals surface area contributed by atoms with Gasteiger partial charge >= 0.3 is 0 Å². The lowest BCUT2D eigenvalue weighted by Gasteiger charge is -2.05. The van der Waals surface area contributed by atoms with Gasteiger partial charge in [-0.3, -0.25) is 4.79 Å². The number of ketones is 1. The van der Waals surface area contributed by atoms with E-state index in [1.807, 2.05) is 6.07 Å². The minimum atomic E-state index is -0.159. The Balaban J connectivity index is 2.15. The molecule has 0 spiro atoms. The molecule has 0 aliphatic rings. The molecule has 3 aromatic rings. The second-order valence-corrected chi connectivity index (χ2v) is 5.34. The smallest absolute Gasteiger partial charge is 0.197 e. The van der Waals surface area contributed by atoms with Crippen LogP contribution in [0, 0.1) is 0 Å². The van der Waals surface area contributed by atoms with Crippen molar-refractivity contribution in [2.45, 2.75) is 0 Å². The first-order valence-corrected chi connectivity index (χ1v) is 6.68. The van der Waals surface area contributed by atoms with E-state index >= 15 is 0 Å². The number of nitrogens with zero attached hydrogens (tertiary/aromatic N) is 1. The van der Waals surface area contributed by atoms with Crippen molar-refractivity contribution in [3.8, 4) is 0 Å². The van der Waals surface area contributed by atoms with Crippen molar-refractivity contribution in [3.63, 3.8) is 0 Å². The highest BCUT2D eigenvalue weighted by atomic mass is 79.9. The molecule has 0 fully saturated rings. The first-order valence-electron chi connectivity index (χ1n) is 5.88. The fourth-order valence-corrected chi connectivity index (χ4v) is 2.43. The average Bonchev–Trinajstić information content (AvgIpc) is 2.81. The number of H-pyrrole nitrogens is 1. The monoisotopic (exact) mass is 330 g/mol. The molecular weight excluding hydrogens is 320 g/mol. The van der Waals surface area contributed by atoms with E-state index in [-0.39, 0.29) is 5.78 Å². The molecule has 2 aromatic heterocycles. The van der Waals surface area contributed by atoms with E-state index in [9.17, 15) is 4.79 Å². The normalized spacial score (nSPS) is 10.8. The van der Waals surface area contributed by atoms with Gasteiger partial charge in [-0.15, -0.1) is 0 Å². The predicted octanol–water partition coefficient (Wildman–Crippen LogP) is 2.72. The van der Waals surface area contributed by atoms with Crippen molar-refractivity contribution < 1.29 is 4.79 Å². The van der Waals surface area contributed by atoms with Gasteiger partial charge in [0.15, 0.2) is 5.78 Å². The number of anilines is 2. The molecule has 6 heteroatoms. The van der Waals surface area contributed by atoms with Crippen LogP contribution >= 0.6 is 15.9 Å². The van der Waals surface area contributed by atoms with E-state index in [1.54, 1.807) is 30.6 Å². The maximum Gasteiger partial charge on any atom is 0.197 e. The standard InChI is InChI=1S/C14H11BrN4O/c15-7-3-10-11(6-19-14(10)18-5-7)13(20)9-2-1-8(16)4-12(9)17/h1-6H,16-17H2,(H,18,19). The molecule has 0 saturated carbocycles. The van der Waals surface area contributed by atoms with Crippen molar-refractivity contribution in [1.82, 2.24) is 9.97 Å². The lowest BCUT2D eigenvalue weighted by molar-refractivity contribution is 0.104. The van der Waals surface area contributed by atoms with Crippen LogP contribution in [0.25, 0.3) is 11.0 Å². The van der Waals surface area contributed by atoms with Crippen molar-refractivity contribution in [3.05, 3.63) is 52.3 Å². The third-order valence-corrected chi connectivity index (χ3v) is 3.50. The highest BCUT2D eigenvalue weighted by Crippen LogP contribution is 2.25. The van der Waals surface area contributed by atoms with Crippen LogP contribution in [-0.4, -0.2) is 15.8 Å². The number of carbonyl (C=O) groups is 1. The van der Waals surface area contributed by atoms with E-state index in [4.69, 9.17) is 11.5 Å². The molecule has 0 amide bonds. The molecule has 0 radical (unpaired) electrons. The van der Waals surface area contributed by atoms with Gasteiger partial charge < -0.3 is 16.5 Å². The fourth-order valence-electron chi connectivity index (χ4n) is 2.10. The van der Waals surface area contributed by atoms with E-state index in [2.05, 4.69) is 25.9 Å². The lowest BCUT2D eigenvalue weighted by Crippen LogP contribution is -2.05. The number of hydrogen-bond acceptors (Lipinski definition) is 4. The highest BCUT2D eigenvalue weighted by Gasteiger charge is 2.17. The van der Waals surface area contributed by atoms with Crippen LogP contribution in [0.4, 0.5) is 11.4 Å². The van der Waals surface area contributed by atoms with Gasteiger partial charge in [-0.1, -0.05) is 0 Å². The van der Waals surface area contributed by atoms with Gasteiger partial charge in [-0.05, 0) is 40.2 Å². The van der Waals surface area contributed by atoms with E-state index in [1.165, 1.54) is 0 Å². The first kappa shape index (κ1) is 12.7. The summed E-state index contributed by atoms with van der Waals surface area (Å²) in [7, 11) is 0. The number of fused-ring (bicyclic) bond motifs is 1. The topological polar surface area (TPSA) is 97.8 Å². The summed E-state index contributed by atoms with van der Waals surface area (Å²) in [5.74, 6) is -0.159. The van der Waals surface area contributed by atoms with Crippen LogP contribution in [0.1, 0.15) is 15.9 Å². The second kappa shape index (κ2) is 4.64. The third-order valence-electron chi connectivity index (χ3n) is 3.06. The predicted molar refractivity (Wildman–Crippen MR) is 82.5 cm³/mol. The first-order chi connectivity index (χ1) is 9.56. The molecule has 1 aromatic carbocycles. The van der Waals surface area contributed by atoms with Gasteiger partial charge in [-0.2, -0.15) is 0 Å². The van der Waals surface area contributed by atoms with Gasteiger partial charge in [0.25, 0.3) is 0 Å². The molecule has 0 aliphatic heterocycles. The second-order valence-electron chi connectivity index (χ2n) is 4.43. The molecule has 100 valence electrons. The molecule has 5 nitrogen and oxygen atoms in total. The number of aromatic nitrogens is 2. The Morgan fingerprint density at radius 3 is 2.75 bits per heavy atom. The van der Waals surface area contributed by atoms with Gasteiger partial charge in [0.2, 0.25) is 0 Å². The highest BCUT2D eigenvalue weighted by molar-refractivity contribution is 9.10. The number of pyridine rings is 1. The number of rotatable bonds is 2. The van der Waals surface area contributed by atoms with Gasteiger partial charge in [0, 0.05) is 44.8 Å². The Kier molecular flexibility index (Phi) is 2.94. The van der Waals surface area contributed by atoms with Gasteiger partial charge in [-0.25, -0.2) is 4.98 Å². The molecule has 0 atom stereocenters. The molecule has 0 bridgehead atoms. The molecular formula is C14H11BrN4O. The summed E-state index contributed by atoms with van der Waals surface area (Å²) in [6.07, 6.45) is 3.31. The summed E-state index contributed by atoms with van der Waals surface area (Å²) in [6, 6.07) is 6.72. The minimum absolute atomic E-state index is 0.159. The number of nitrogen functional groups attached to an aromatic ring is 2. The van der Waals surface area contributed by atoms with Crippen LogP contribution in [-0.2, 0) is 0 Å². The molecule has 0 unspecified atom stereocenters. The van der Waals surface area contributed by atoms with Gasteiger partial charge in [0.1, 0.15) is 5.65 Å². The summed E-state index contributed by atoms with van der Waals surface area (Å²) in [5, 5.41) is 0.751. The van der Waals surface area contributed by atoms with Crippen LogP contribution in [0.5, 0.6) is 0 Å². The average molecular weight is 331 g/mol. The number of aromatic amines is 1. The molecule has 20 heavy (non-hydrogen) atoms. The summed E-state index contributed by atoms with van der Waals surface area (Å²) in [5.41, 5.74) is 14.0. The fraction of sp³-hybridized carbons (Fsp3) is 0. The van der Waals surface area contributed by atoms with Crippen molar-refractivity contribution >= 4 is 44.1 Å². The zero-order valence-corrected chi connectivity index (χ0v) is 11.9. The Morgan fingerprint density at radius 1 is 1.20 bits per heavy atom.